The number of nitrogens with zero attached hydrogens (tertiary/aromatic N) is 4. The number of hydrogen-bond acceptors (Lipinski definition) is 11. The maximum atomic E-state index is 13.1. The Morgan fingerprint density at radius 3 is 1.73 bits per heavy atom. The molecule has 0 spiro atoms. The van der Waals surface area contributed by atoms with Gasteiger partial charge in [-0.1, -0.05) is 27.7 Å². The van der Waals surface area contributed by atoms with Crippen molar-refractivity contribution in [3.63, 3.8) is 0 Å². The highest BCUT2D eigenvalue weighted by molar-refractivity contribution is 6.19. The highest BCUT2D eigenvalue weighted by Gasteiger charge is 2.66. The van der Waals surface area contributed by atoms with Crippen LogP contribution in [0.4, 0.5) is 0 Å². The van der Waals surface area contributed by atoms with Crippen LogP contribution in [0.2, 0.25) is 0 Å². The number of hydrogen-bond donors (Lipinski definition) is 7. The van der Waals surface area contributed by atoms with Gasteiger partial charge in [0.15, 0.2) is 0 Å². The Labute approximate surface area is 365 Å². The number of aliphatic carboxylic acids is 7. The second-order valence-electron chi connectivity index (χ2n) is 19.3. The average molecular weight is 881 g/mol. The molecule has 0 saturated carbocycles. The maximum absolute atomic E-state index is 13.1. The summed E-state index contributed by atoms with van der Waals surface area (Å²) in [5.74, 6) is -11.7. The Hall–Kier alpha value is -5.55. The molecule has 0 aromatic rings. The molecule has 0 saturated heterocycles. The van der Waals surface area contributed by atoms with Gasteiger partial charge in [0.2, 0.25) is 0 Å². The van der Waals surface area contributed by atoms with E-state index in [0.29, 0.717) is 33.9 Å². The summed E-state index contributed by atoms with van der Waals surface area (Å²) in [5, 5.41) is 71.6. The largest absolute Gasteiger partial charge is 0.481 e. The summed E-state index contributed by atoms with van der Waals surface area (Å²) in [6, 6.07) is -1.14. The van der Waals surface area contributed by atoms with E-state index in [4.69, 9.17) is 20.0 Å². The van der Waals surface area contributed by atoms with Gasteiger partial charge in [-0.15, -0.1) is 0 Å². The molecule has 0 amide bonds. The molecule has 5 heterocycles. The zero-order valence-corrected chi connectivity index (χ0v) is 37.1. The summed E-state index contributed by atoms with van der Waals surface area (Å²) in [5.41, 5.74) is -3.50. The third-order valence-corrected chi connectivity index (χ3v) is 15.4. The molecular weight excluding hydrogens is 821 g/mol. The summed E-state index contributed by atoms with van der Waals surface area (Å²) >= 11 is 0. The van der Waals surface area contributed by atoms with Gasteiger partial charge in [-0.2, -0.15) is 0 Å². The number of allylic oxidation sites excluding steroid dienone is 3. The summed E-state index contributed by atoms with van der Waals surface area (Å²) in [6.45, 7) is 13.9. The normalized spacial score (nSPS) is 35.8. The number of fused-ring (bicyclic) bond motifs is 5. The van der Waals surface area contributed by atoms with Crippen molar-refractivity contribution in [1.82, 2.24) is 0 Å². The zero-order chi connectivity index (χ0) is 47.4. The highest BCUT2D eigenvalue weighted by Crippen LogP contribution is 2.62. The lowest BCUT2D eigenvalue weighted by atomic mass is 9.55. The lowest BCUT2D eigenvalue weighted by molar-refractivity contribution is -0.143. The van der Waals surface area contributed by atoms with Crippen molar-refractivity contribution in [3.05, 3.63) is 22.4 Å². The van der Waals surface area contributed by atoms with E-state index < -0.39 is 125 Å². The van der Waals surface area contributed by atoms with Crippen molar-refractivity contribution in [2.75, 3.05) is 0 Å². The minimum Gasteiger partial charge on any atom is -0.481 e. The van der Waals surface area contributed by atoms with E-state index in [1.54, 1.807) is 41.5 Å². The molecule has 18 heteroatoms. The topological polar surface area (TPSA) is 311 Å². The molecule has 0 fully saturated rings. The minimum atomic E-state index is -1.63. The summed E-state index contributed by atoms with van der Waals surface area (Å²) in [4.78, 5) is 109. The van der Waals surface area contributed by atoms with E-state index in [9.17, 15) is 69.3 Å². The van der Waals surface area contributed by atoms with E-state index in [1.165, 1.54) is 0 Å². The van der Waals surface area contributed by atoms with Crippen LogP contribution in [0.15, 0.2) is 42.4 Å². The van der Waals surface area contributed by atoms with Crippen molar-refractivity contribution in [1.29, 1.82) is 0 Å². The van der Waals surface area contributed by atoms with Gasteiger partial charge < -0.3 is 35.7 Å². The summed E-state index contributed by atoms with van der Waals surface area (Å²) in [6.07, 6.45) is -3.21. The molecule has 0 aromatic heterocycles. The van der Waals surface area contributed by atoms with Crippen LogP contribution in [-0.2, 0) is 33.6 Å². The first-order valence-electron chi connectivity index (χ1n) is 21.4. The van der Waals surface area contributed by atoms with Gasteiger partial charge in [-0.3, -0.25) is 53.5 Å². The van der Waals surface area contributed by atoms with E-state index in [2.05, 4.69) is 0 Å². The molecule has 0 radical (unpaired) electrons. The first-order valence-corrected chi connectivity index (χ1v) is 21.4. The fraction of sp³-hybridized carbons (Fsp3) is 0.667. The van der Waals surface area contributed by atoms with E-state index in [0.717, 1.165) is 0 Å². The number of rotatable bonds is 18. The highest BCUT2D eigenvalue weighted by atomic mass is 16.4. The van der Waals surface area contributed by atoms with Crippen molar-refractivity contribution in [3.8, 4) is 0 Å². The zero-order valence-electron chi connectivity index (χ0n) is 37.1. The van der Waals surface area contributed by atoms with Gasteiger partial charge in [0.1, 0.15) is 0 Å². The fourth-order valence-electron chi connectivity index (χ4n) is 11.9. The number of carboxylic acid groups (broad SMARTS) is 7. The molecule has 0 aliphatic carbocycles. The number of aliphatic imine (C=N–C) groups is 4. The minimum absolute atomic E-state index is 0.0204. The molecule has 18 nitrogen and oxygen atoms in total. The molecule has 5 aliphatic heterocycles. The van der Waals surface area contributed by atoms with E-state index in [-0.39, 0.29) is 62.8 Å². The van der Waals surface area contributed by atoms with Crippen LogP contribution in [0.25, 0.3) is 0 Å². The molecule has 8 bridgehead atoms. The van der Waals surface area contributed by atoms with Gasteiger partial charge in [-0.25, -0.2) is 0 Å². The van der Waals surface area contributed by atoms with Crippen molar-refractivity contribution < 1.29 is 69.3 Å². The maximum Gasteiger partial charge on any atom is 0.304 e. The van der Waals surface area contributed by atoms with Gasteiger partial charge in [0.25, 0.3) is 0 Å². The number of carboxylic acids is 7. The molecule has 5 rings (SSSR count). The van der Waals surface area contributed by atoms with Crippen LogP contribution in [-0.4, -0.2) is 117 Å². The Morgan fingerprint density at radius 1 is 0.651 bits per heavy atom. The van der Waals surface area contributed by atoms with Crippen LogP contribution in [0.3, 0.4) is 0 Å². The molecule has 1 unspecified atom stereocenters. The van der Waals surface area contributed by atoms with Gasteiger partial charge in [0.05, 0.1) is 42.1 Å². The number of carbonyl (C=O) groups is 7. The van der Waals surface area contributed by atoms with Crippen molar-refractivity contribution >= 4 is 64.6 Å². The quantitative estimate of drug-likeness (QED) is 0.0822. The monoisotopic (exact) mass is 880 g/mol. The lowest BCUT2D eigenvalue weighted by Gasteiger charge is -2.48. The average Bonchev–Trinajstić information content (AvgIpc) is 3.75. The predicted octanol–water partition coefficient (Wildman–Crippen LogP) is 6.07. The Morgan fingerprint density at radius 2 is 1.21 bits per heavy atom. The van der Waals surface area contributed by atoms with Gasteiger partial charge in [-0.05, 0) is 70.1 Å². The molecule has 344 valence electrons. The van der Waals surface area contributed by atoms with E-state index >= 15 is 0 Å². The SMILES string of the molecule is CC1=C(CCC(=O)O)C2=N[C@@]1(C)CC1=N/C(=C(/C)C3=N[C@@](C)(C4N=C([C@H]2C)[C@](C)(CCC(=O)O)[C@H]4CC(=O)O)[C@@](C)(CC(=O)O)[C@@H]3CCC(=O)O)[C@@](C)(CC(=O)O)[C@@H]1CCC(=O)O. The molecular formula is C45H60N4O14. The van der Waals surface area contributed by atoms with Crippen molar-refractivity contribution in [2.24, 2.45) is 59.9 Å². The first kappa shape index (κ1) is 48.5. The van der Waals surface area contributed by atoms with Gasteiger partial charge >= 0.3 is 41.8 Å². The van der Waals surface area contributed by atoms with Crippen LogP contribution in [0.1, 0.15) is 132 Å². The molecule has 7 N–H and O–H groups in total. The summed E-state index contributed by atoms with van der Waals surface area (Å²) in [7, 11) is 0. The third-order valence-electron chi connectivity index (χ3n) is 15.4. The molecule has 5 aliphatic rings. The van der Waals surface area contributed by atoms with Crippen LogP contribution in [0.5, 0.6) is 0 Å². The van der Waals surface area contributed by atoms with Crippen LogP contribution < -0.4 is 0 Å². The standard InChI is InChI=1S/C45H60N4O14/c1-21-36-24(9-12-29(50)51)23(3)44(7,48-36)18-28-25(10-13-30(52)53)42(5,19-34(60)61)39(46-28)22(2)37-26(11-14-31(54)55)43(6,20-35(62)63)45(8,49-37)40-27(17-33(58)59)41(4,38(21)47-40)16-15-32(56)57/h21,25-27,40H,9-20H2,1-8H3,(H,50,51)(H,52,53)(H,54,55)(H,56,57)(H,58,59)(H,60,61)(H,62,63)/b39-22-/t21-,25+,26+,27-,40?,41+,42-,43-,44-,45-/m0/s1. The summed E-state index contributed by atoms with van der Waals surface area (Å²) < 4.78 is 0. The smallest absolute Gasteiger partial charge is 0.304 e. The van der Waals surface area contributed by atoms with Crippen LogP contribution in [0, 0.1) is 39.9 Å². The fourth-order valence-corrected chi connectivity index (χ4v) is 11.9. The Kier molecular flexibility index (Phi) is 13.2. The Balaban J connectivity index is 1.99. The molecule has 63 heavy (non-hydrogen) atoms. The second-order valence-corrected chi connectivity index (χ2v) is 19.3. The Bertz CT molecular complexity index is 2220. The lowest BCUT2D eigenvalue weighted by Crippen LogP contribution is -2.55. The third kappa shape index (κ3) is 8.61. The van der Waals surface area contributed by atoms with Crippen LogP contribution >= 0.6 is 0 Å². The molecule has 10 atom stereocenters. The first-order chi connectivity index (χ1) is 29.1. The molecule has 0 aromatic carbocycles. The van der Waals surface area contributed by atoms with Gasteiger partial charge in [0, 0.05) is 94.9 Å². The van der Waals surface area contributed by atoms with E-state index in [1.807, 2.05) is 13.8 Å². The predicted molar refractivity (Wildman–Crippen MR) is 229 cm³/mol. The van der Waals surface area contributed by atoms with Crippen molar-refractivity contribution in [2.45, 2.75) is 150 Å². The second kappa shape index (κ2) is 17.2.